The molecular weight excluding hydrogens is 432 g/mol. The van der Waals surface area contributed by atoms with Gasteiger partial charge in [-0.2, -0.15) is 5.10 Å². The minimum Gasteiger partial charge on any atom is -0.494 e. The molecule has 3 aromatic rings. The predicted octanol–water partition coefficient (Wildman–Crippen LogP) is 6.45. The monoisotopic (exact) mass is 460 g/mol. The summed E-state index contributed by atoms with van der Waals surface area (Å²) in [6, 6.07) is 22.9. The number of hydrogen-bond donors (Lipinski definition) is 0. The Morgan fingerprint density at radius 1 is 0.970 bits per heavy atom. The molecule has 2 aliphatic heterocycles. The van der Waals surface area contributed by atoms with Gasteiger partial charge >= 0.3 is 0 Å². The first kappa shape index (κ1) is 21.7. The molecule has 5 rings (SSSR count). The third-order valence-electron chi connectivity index (χ3n) is 5.98. The molecule has 0 amide bonds. The van der Waals surface area contributed by atoms with Crippen molar-refractivity contribution in [2.24, 2.45) is 5.10 Å². The molecule has 0 radical (unpaired) electrons. The molecule has 0 saturated heterocycles. The van der Waals surface area contributed by atoms with Crippen LogP contribution >= 0.6 is 11.8 Å². The second-order valence-electron chi connectivity index (χ2n) is 7.95. The van der Waals surface area contributed by atoms with E-state index in [9.17, 15) is 0 Å². The highest BCUT2D eigenvalue weighted by molar-refractivity contribution is 7.98. The van der Waals surface area contributed by atoms with Gasteiger partial charge in [0.2, 0.25) is 6.23 Å². The van der Waals surface area contributed by atoms with E-state index in [0.29, 0.717) is 13.2 Å². The molecule has 170 valence electrons. The lowest BCUT2D eigenvalue weighted by atomic mass is 9.95. The lowest BCUT2D eigenvalue weighted by Gasteiger charge is -2.38. The van der Waals surface area contributed by atoms with E-state index in [1.165, 1.54) is 4.90 Å². The van der Waals surface area contributed by atoms with Crippen LogP contribution in [-0.2, 0) is 0 Å². The van der Waals surface area contributed by atoms with Gasteiger partial charge in [0.25, 0.3) is 0 Å². The first-order valence-electron chi connectivity index (χ1n) is 11.4. The Bertz CT molecular complexity index is 1150. The topological polar surface area (TPSA) is 43.3 Å². The average Bonchev–Trinajstić information content (AvgIpc) is 3.31. The number of nitrogens with zero attached hydrogens (tertiary/aromatic N) is 2. The van der Waals surface area contributed by atoms with E-state index < -0.39 is 0 Å². The molecule has 2 heterocycles. The van der Waals surface area contributed by atoms with Crippen LogP contribution in [0.1, 0.15) is 49.2 Å². The van der Waals surface area contributed by atoms with Crippen molar-refractivity contribution in [3.05, 3.63) is 83.4 Å². The molecule has 5 nitrogen and oxygen atoms in total. The summed E-state index contributed by atoms with van der Waals surface area (Å²) in [5.41, 5.74) is 4.34. The molecule has 0 saturated carbocycles. The maximum Gasteiger partial charge on any atom is 0.214 e. The molecular formula is C27H28N2O3S. The molecule has 0 aliphatic carbocycles. The van der Waals surface area contributed by atoms with Gasteiger partial charge in [-0.25, -0.2) is 5.01 Å². The summed E-state index contributed by atoms with van der Waals surface area (Å²) in [5, 5.41) is 7.18. The highest BCUT2D eigenvalue weighted by Crippen LogP contribution is 2.50. The Kier molecular flexibility index (Phi) is 6.18. The Labute approximate surface area is 199 Å². The first-order chi connectivity index (χ1) is 16.2. The van der Waals surface area contributed by atoms with Crippen molar-refractivity contribution in [1.29, 1.82) is 0 Å². The predicted molar refractivity (Wildman–Crippen MR) is 133 cm³/mol. The Morgan fingerprint density at radius 3 is 2.42 bits per heavy atom. The van der Waals surface area contributed by atoms with Crippen LogP contribution in [0.4, 0.5) is 0 Å². The van der Waals surface area contributed by atoms with Crippen LogP contribution in [0.25, 0.3) is 0 Å². The van der Waals surface area contributed by atoms with Crippen molar-refractivity contribution >= 4 is 17.5 Å². The third-order valence-corrected chi connectivity index (χ3v) is 6.72. The van der Waals surface area contributed by atoms with Gasteiger partial charge in [-0.1, -0.05) is 24.3 Å². The zero-order valence-corrected chi connectivity index (χ0v) is 20.0. The van der Waals surface area contributed by atoms with E-state index in [1.54, 1.807) is 11.8 Å². The van der Waals surface area contributed by atoms with Crippen molar-refractivity contribution in [3.63, 3.8) is 0 Å². The summed E-state index contributed by atoms with van der Waals surface area (Å²) < 4.78 is 18.1. The van der Waals surface area contributed by atoms with Gasteiger partial charge in [0.05, 0.1) is 25.0 Å². The highest BCUT2D eigenvalue weighted by Gasteiger charge is 2.42. The number of rotatable bonds is 7. The standard InChI is InChI=1S/C27H28N2O3S/c1-4-30-20-13-9-18(10-14-20)23-17-24-22-7-6-8-25(31-5-2)26(22)32-27(29(24)28-23)19-11-15-21(33-3)16-12-19/h6-16,24,27H,4-5,17H2,1-3H3/t24-,27-/m0/s1. The van der Waals surface area contributed by atoms with Crippen molar-refractivity contribution in [2.45, 2.75) is 37.4 Å². The molecule has 0 fully saturated rings. The largest absolute Gasteiger partial charge is 0.494 e. The number of hydrazone groups is 1. The van der Waals surface area contributed by atoms with Crippen molar-refractivity contribution in [1.82, 2.24) is 5.01 Å². The molecule has 3 aromatic carbocycles. The van der Waals surface area contributed by atoms with Crippen LogP contribution in [0, 0.1) is 0 Å². The lowest BCUT2D eigenvalue weighted by molar-refractivity contribution is -0.0212. The van der Waals surface area contributed by atoms with Gasteiger partial charge < -0.3 is 14.2 Å². The highest BCUT2D eigenvalue weighted by atomic mass is 32.2. The molecule has 0 unspecified atom stereocenters. The summed E-state index contributed by atoms with van der Waals surface area (Å²) in [6.07, 6.45) is 2.57. The zero-order valence-electron chi connectivity index (χ0n) is 19.2. The summed E-state index contributed by atoms with van der Waals surface area (Å²) >= 11 is 1.73. The minimum absolute atomic E-state index is 0.0842. The van der Waals surface area contributed by atoms with Crippen molar-refractivity contribution < 1.29 is 14.2 Å². The SMILES string of the molecule is CCOc1ccc(C2=NN3[C@@H](C2)c2cccc(OCC)c2O[C@H]3c2ccc(SC)cc2)cc1. The van der Waals surface area contributed by atoms with E-state index in [0.717, 1.165) is 46.1 Å². The van der Waals surface area contributed by atoms with E-state index in [2.05, 4.69) is 53.7 Å². The third kappa shape index (κ3) is 4.15. The molecule has 0 aromatic heterocycles. The van der Waals surface area contributed by atoms with Crippen LogP contribution in [0.5, 0.6) is 17.2 Å². The maximum absolute atomic E-state index is 6.59. The van der Waals surface area contributed by atoms with Gasteiger partial charge in [0.15, 0.2) is 11.5 Å². The van der Waals surface area contributed by atoms with Gasteiger partial charge in [-0.3, -0.25) is 0 Å². The smallest absolute Gasteiger partial charge is 0.214 e. The van der Waals surface area contributed by atoms with E-state index in [-0.39, 0.29) is 12.3 Å². The van der Waals surface area contributed by atoms with Gasteiger partial charge in [0.1, 0.15) is 5.75 Å². The Hall–Kier alpha value is -3.12. The molecule has 2 atom stereocenters. The van der Waals surface area contributed by atoms with Crippen LogP contribution in [0.15, 0.2) is 76.7 Å². The fourth-order valence-corrected chi connectivity index (χ4v) is 4.83. The zero-order chi connectivity index (χ0) is 22.8. The number of fused-ring (bicyclic) bond motifs is 3. The minimum atomic E-state index is -0.319. The molecule has 6 heteroatoms. The first-order valence-corrected chi connectivity index (χ1v) is 12.6. The summed E-state index contributed by atoms with van der Waals surface area (Å²) in [6.45, 7) is 5.24. The van der Waals surface area contributed by atoms with Crippen LogP contribution in [-0.4, -0.2) is 30.2 Å². The molecule has 0 N–H and O–H groups in total. The van der Waals surface area contributed by atoms with Crippen molar-refractivity contribution in [3.8, 4) is 17.2 Å². The second kappa shape index (κ2) is 9.40. The van der Waals surface area contributed by atoms with Gasteiger partial charge in [0, 0.05) is 22.4 Å². The number of thioether (sulfide) groups is 1. The van der Waals surface area contributed by atoms with Gasteiger partial charge in [-0.05, 0) is 68.1 Å². The average molecular weight is 461 g/mol. The summed E-state index contributed by atoms with van der Waals surface area (Å²) in [4.78, 5) is 1.22. The lowest BCUT2D eigenvalue weighted by Crippen LogP contribution is -2.33. The number of ether oxygens (including phenoxy) is 3. The van der Waals surface area contributed by atoms with Crippen LogP contribution in [0.2, 0.25) is 0 Å². The molecule has 33 heavy (non-hydrogen) atoms. The van der Waals surface area contributed by atoms with Gasteiger partial charge in [-0.15, -0.1) is 11.8 Å². The summed E-state index contributed by atoms with van der Waals surface area (Å²) in [5.74, 6) is 2.48. The van der Waals surface area contributed by atoms with Crippen LogP contribution < -0.4 is 14.2 Å². The quantitative estimate of drug-likeness (QED) is 0.379. The second-order valence-corrected chi connectivity index (χ2v) is 8.83. The maximum atomic E-state index is 6.59. The Balaban J connectivity index is 1.54. The number of hydrogen-bond acceptors (Lipinski definition) is 6. The molecule has 0 bridgehead atoms. The Morgan fingerprint density at radius 2 is 1.73 bits per heavy atom. The number of para-hydroxylation sites is 1. The fourth-order valence-electron chi connectivity index (χ4n) is 4.43. The van der Waals surface area contributed by atoms with E-state index >= 15 is 0 Å². The molecule has 0 spiro atoms. The van der Waals surface area contributed by atoms with Crippen molar-refractivity contribution in [2.75, 3.05) is 19.5 Å². The number of benzene rings is 3. The van der Waals surface area contributed by atoms with E-state index in [4.69, 9.17) is 19.3 Å². The summed E-state index contributed by atoms with van der Waals surface area (Å²) in [7, 11) is 0. The fraction of sp³-hybridized carbons (Fsp3) is 0.296. The molecule has 2 aliphatic rings. The van der Waals surface area contributed by atoms with Crippen LogP contribution in [0.3, 0.4) is 0 Å². The van der Waals surface area contributed by atoms with E-state index in [1.807, 2.05) is 38.1 Å². The normalized spacial score (nSPS) is 18.8.